The number of ether oxygens (including phenoxy) is 3. The Bertz CT molecular complexity index is 1560. The Labute approximate surface area is 265 Å². The molecule has 2 atom stereocenters. The van der Waals surface area contributed by atoms with Crippen LogP contribution in [0.15, 0.2) is 30.5 Å². The predicted octanol–water partition coefficient (Wildman–Crippen LogP) is 7.47. The van der Waals surface area contributed by atoms with Crippen LogP contribution in [0.4, 0.5) is 13.6 Å². The first-order valence-corrected chi connectivity index (χ1v) is 19.1. The number of fused-ring (bicyclic) bond motifs is 2. The normalized spacial score (nSPS) is 15.8. The zero-order valence-electron chi connectivity index (χ0n) is 27.8. The highest BCUT2D eigenvalue weighted by atomic mass is 28.3. The van der Waals surface area contributed by atoms with Crippen LogP contribution < -0.4 is 15.4 Å². The van der Waals surface area contributed by atoms with Gasteiger partial charge >= 0.3 is 6.09 Å². The molecule has 246 valence electrons. The summed E-state index contributed by atoms with van der Waals surface area (Å²) in [4.78, 5) is 26.6. The molecule has 1 aliphatic carbocycles. The van der Waals surface area contributed by atoms with Crippen molar-refractivity contribution in [1.82, 2.24) is 20.4 Å². The maximum atomic E-state index is 14.5. The molecule has 2 aromatic carbocycles. The lowest BCUT2D eigenvalue weighted by molar-refractivity contribution is -0.00186. The lowest BCUT2D eigenvalue weighted by Crippen LogP contribution is -2.34. The zero-order chi connectivity index (χ0) is 33.3. The van der Waals surface area contributed by atoms with Gasteiger partial charge in [-0.2, -0.15) is 5.10 Å². The Morgan fingerprint density at radius 3 is 2.44 bits per heavy atom. The number of alkyl halides is 2. The summed E-state index contributed by atoms with van der Waals surface area (Å²) < 4.78 is 47.7. The number of nitrogens with zero attached hydrogens (tertiary/aromatic N) is 2. The van der Waals surface area contributed by atoms with Gasteiger partial charge in [0, 0.05) is 38.4 Å². The van der Waals surface area contributed by atoms with E-state index in [4.69, 9.17) is 19.3 Å². The second kappa shape index (κ2) is 13.1. The van der Waals surface area contributed by atoms with Gasteiger partial charge in [0.25, 0.3) is 11.8 Å². The smallest absolute Gasteiger partial charge is 0.408 e. The maximum Gasteiger partial charge on any atom is 0.408 e. The molecule has 0 aliphatic heterocycles. The fraction of sp³-hybridized carbons (Fsp3) is 0.545. The molecule has 0 spiro atoms. The highest BCUT2D eigenvalue weighted by Crippen LogP contribution is 2.44. The highest BCUT2D eigenvalue weighted by molar-refractivity contribution is 6.76. The van der Waals surface area contributed by atoms with Crippen molar-refractivity contribution in [2.45, 2.75) is 103 Å². The third-order valence-electron chi connectivity index (χ3n) is 7.80. The van der Waals surface area contributed by atoms with Gasteiger partial charge in [0.15, 0.2) is 0 Å². The third kappa shape index (κ3) is 8.21. The Balaban J connectivity index is 1.70. The first-order valence-electron chi connectivity index (χ1n) is 15.4. The molecule has 45 heavy (non-hydrogen) atoms. The summed E-state index contributed by atoms with van der Waals surface area (Å²) in [5, 5.41) is 11.1. The molecule has 0 saturated heterocycles. The number of carbonyl (C=O) groups is 2. The molecule has 2 amide bonds. The number of rotatable bonds is 11. The lowest BCUT2D eigenvalue weighted by atomic mass is 9.96. The molecule has 4 rings (SSSR count). The van der Waals surface area contributed by atoms with Crippen molar-refractivity contribution in [3.8, 4) is 5.75 Å². The van der Waals surface area contributed by atoms with E-state index in [1.165, 1.54) is 13.2 Å². The topological polar surface area (TPSA) is 104 Å². The Kier molecular flexibility index (Phi) is 9.98. The van der Waals surface area contributed by atoms with Gasteiger partial charge in [-0.05, 0) is 64.3 Å². The van der Waals surface area contributed by atoms with Crippen LogP contribution in [0.2, 0.25) is 25.7 Å². The maximum absolute atomic E-state index is 14.5. The van der Waals surface area contributed by atoms with Gasteiger partial charge in [0.2, 0.25) is 0 Å². The van der Waals surface area contributed by atoms with Crippen LogP contribution in [0.1, 0.15) is 85.7 Å². The van der Waals surface area contributed by atoms with Gasteiger partial charge in [-0.25, -0.2) is 18.3 Å². The summed E-state index contributed by atoms with van der Waals surface area (Å²) in [6, 6.07) is 6.34. The number of carbonyl (C=O) groups excluding carboxylic acids is 2. The van der Waals surface area contributed by atoms with Gasteiger partial charge < -0.3 is 24.8 Å². The number of hydrogen-bond acceptors (Lipinski definition) is 6. The molecule has 0 fully saturated rings. The van der Waals surface area contributed by atoms with Crippen LogP contribution >= 0.6 is 0 Å². The summed E-state index contributed by atoms with van der Waals surface area (Å²) in [5.41, 5.74) is 1.75. The lowest BCUT2D eigenvalue weighted by Gasteiger charge is -2.23. The first-order chi connectivity index (χ1) is 20.9. The molecular formula is C33H46F2N4O5Si. The molecular weight excluding hydrogens is 598 g/mol. The van der Waals surface area contributed by atoms with Crippen molar-refractivity contribution in [2.75, 3.05) is 13.7 Å². The van der Waals surface area contributed by atoms with E-state index in [1.807, 2.05) is 0 Å². The summed E-state index contributed by atoms with van der Waals surface area (Å²) in [7, 11) is 0.235. The molecule has 0 radical (unpaired) electrons. The van der Waals surface area contributed by atoms with E-state index >= 15 is 0 Å². The van der Waals surface area contributed by atoms with Gasteiger partial charge in [-0.15, -0.1) is 0 Å². The molecule has 9 nitrogen and oxygen atoms in total. The van der Waals surface area contributed by atoms with E-state index in [2.05, 4.69) is 30.3 Å². The van der Waals surface area contributed by atoms with E-state index in [9.17, 15) is 18.4 Å². The largest absolute Gasteiger partial charge is 0.496 e. The minimum Gasteiger partial charge on any atom is -0.496 e. The average molecular weight is 645 g/mol. The first kappa shape index (κ1) is 34.4. The van der Waals surface area contributed by atoms with Gasteiger partial charge in [-0.3, -0.25) is 4.79 Å². The molecule has 2 unspecified atom stereocenters. The van der Waals surface area contributed by atoms with Crippen molar-refractivity contribution in [1.29, 1.82) is 0 Å². The number of benzene rings is 2. The number of hydrogen-bond donors (Lipinski definition) is 2. The van der Waals surface area contributed by atoms with Crippen molar-refractivity contribution in [3.63, 3.8) is 0 Å². The second-order valence-electron chi connectivity index (χ2n) is 14.0. The Hall–Kier alpha value is -3.51. The standard InChI is InChI=1S/C33H46F2N4O5Si/c1-20(22-11-10-12-27-23(22)13-14-33(27,34)35)36-30(40)25-17-24(21(2)37-31(41)44-32(3,4)5)29(42-6)26-18-39(38-28(25)26)19-43-15-16-45(7,8)9/h10-12,17-18,20-21H,13-16,19H2,1-9H3,(H,36,40)(H,37,41). The number of methoxy groups -OCH3 is 1. The molecule has 12 heteroatoms. The molecule has 3 aromatic rings. The summed E-state index contributed by atoms with van der Waals surface area (Å²) >= 11 is 0. The van der Waals surface area contributed by atoms with E-state index < -0.39 is 43.7 Å². The molecule has 2 N–H and O–H groups in total. The monoisotopic (exact) mass is 644 g/mol. The van der Waals surface area contributed by atoms with E-state index in [0.717, 1.165) is 6.04 Å². The van der Waals surface area contributed by atoms with Crippen LogP contribution in [-0.4, -0.2) is 49.2 Å². The van der Waals surface area contributed by atoms with E-state index in [0.29, 0.717) is 39.9 Å². The van der Waals surface area contributed by atoms with Crippen molar-refractivity contribution < 1.29 is 32.6 Å². The fourth-order valence-corrected chi connectivity index (χ4v) is 6.28. The Morgan fingerprint density at radius 1 is 1.11 bits per heavy atom. The molecule has 1 heterocycles. The van der Waals surface area contributed by atoms with Crippen LogP contribution in [0.5, 0.6) is 5.75 Å². The average Bonchev–Trinajstić information content (AvgIpc) is 3.48. The summed E-state index contributed by atoms with van der Waals surface area (Å²) in [5.74, 6) is -2.87. The minimum absolute atomic E-state index is 0.0186. The van der Waals surface area contributed by atoms with Crippen LogP contribution in [-0.2, 0) is 28.5 Å². The molecule has 1 aliphatic rings. The van der Waals surface area contributed by atoms with Crippen LogP contribution in [0.3, 0.4) is 0 Å². The number of amides is 2. The highest BCUT2D eigenvalue weighted by Gasteiger charge is 2.40. The number of nitrogens with one attached hydrogen (secondary N) is 2. The van der Waals surface area contributed by atoms with Crippen molar-refractivity contribution in [3.05, 3.63) is 58.3 Å². The van der Waals surface area contributed by atoms with Crippen molar-refractivity contribution >= 4 is 31.0 Å². The zero-order valence-corrected chi connectivity index (χ0v) is 28.8. The van der Waals surface area contributed by atoms with Crippen LogP contribution in [0.25, 0.3) is 10.9 Å². The summed E-state index contributed by atoms with van der Waals surface area (Å²) in [6.07, 6.45) is 1.14. The number of alkyl carbamates (subject to hydrolysis) is 1. The van der Waals surface area contributed by atoms with Gasteiger partial charge in [0.1, 0.15) is 23.6 Å². The van der Waals surface area contributed by atoms with Crippen molar-refractivity contribution in [2.24, 2.45) is 0 Å². The predicted molar refractivity (Wildman–Crippen MR) is 173 cm³/mol. The molecule has 1 aromatic heterocycles. The van der Waals surface area contributed by atoms with Gasteiger partial charge in [-0.1, -0.05) is 37.8 Å². The van der Waals surface area contributed by atoms with Crippen LogP contribution in [0, 0.1) is 0 Å². The van der Waals surface area contributed by atoms with Gasteiger partial charge in [0.05, 0.1) is 30.1 Å². The Morgan fingerprint density at radius 2 is 1.80 bits per heavy atom. The molecule has 0 bridgehead atoms. The fourth-order valence-electron chi connectivity index (χ4n) is 5.52. The molecule has 0 saturated carbocycles. The van der Waals surface area contributed by atoms with E-state index in [-0.39, 0.29) is 30.7 Å². The quantitative estimate of drug-likeness (QED) is 0.166. The minimum atomic E-state index is -2.88. The number of aromatic nitrogens is 2. The second-order valence-corrected chi connectivity index (χ2v) is 19.6. The number of halogens is 2. The third-order valence-corrected chi connectivity index (χ3v) is 9.51. The summed E-state index contributed by atoms with van der Waals surface area (Å²) in [6.45, 7) is 16.5. The van der Waals surface area contributed by atoms with E-state index in [1.54, 1.807) is 63.7 Å². The SMILES string of the molecule is COc1c(C(C)NC(=O)OC(C)(C)C)cc(C(=O)NC(C)c2cccc3c2CCC3(F)F)c2nn(COCC[Si](C)(C)C)cc12.